The number of benzene rings is 2. The topological polar surface area (TPSA) is 84.3 Å². The molecule has 0 bridgehead atoms. The molecule has 0 saturated heterocycles. The molecule has 0 spiro atoms. The van der Waals surface area contributed by atoms with Gasteiger partial charge in [0.15, 0.2) is 0 Å². The van der Waals surface area contributed by atoms with Gasteiger partial charge in [0.2, 0.25) is 0 Å². The van der Waals surface area contributed by atoms with Crippen molar-refractivity contribution in [2.45, 2.75) is 13.8 Å². The van der Waals surface area contributed by atoms with Crippen LogP contribution in [0.5, 0.6) is 0 Å². The number of aryl methyl sites for hydroxylation is 1. The van der Waals surface area contributed by atoms with Crippen molar-refractivity contribution in [3.63, 3.8) is 0 Å². The molecule has 0 saturated carbocycles. The molecule has 2 rings (SSSR count). The summed E-state index contributed by atoms with van der Waals surface area (Å²) >= 11 is 0. The maximum Gasteiger partial charge on any atom is 0.297 e. The van der Waals surface area contributed by atoms with Crippen molar-refractivity contribution in [1.29, 1.82) is 0 Å². The van der Waals surface area contributed by atoms with E-state index in [2.05, 4.69) is 10.6 Å². The Morgan fingerprint density at radius 2 is 1.82 bits per heavy atom. The molecular formula is C16H17N3O3. The summed E-state index contributed by atoms with van der Waals surface area (Å²) in [7, 11) is 1.63. The molecular weight excluding hydrogens is 282 g/mol. The Kier molecular flexibility index (Phi) is 4.41. The smallest absolute Gasteiger partial charge is 0.297 e. The lowest BCUT2D eigenvalue weighted by Gasteiger charge is -2.14. The lowest BCUT2D eigenvalue weighted by atomic mass is 10.0. The number of hydrogen-bond donors (Lipinski definition) is 2. The first-order chi connectivity index (χ1) is 10.5. The first-order valence-electron chi connectivity index (χ1n) is 6.78. The van der Waals surface area contributed by atoms with Crippen LogP contribution in [0.3, 0.4) is 0 Å². The Labute approximate surface area is 128 Å². The van der Waals surface area contributed by atoms with E-state index in [1.165, 1.54) is 0 Å². The zero-order valence-corrected chi connectivity index (χ0v) is 12.6. The number of hydrogen-bond acceptors (Lipinski definition) is 4. The van der Waals surface area contributed by atoms with E-state index in [0.717, 1.165) is 5.56 Å². The van der Waals surface area contributed by atoms with Gasteiger partial charge in [-0.1, -0.05) is 18.2 Å². The molecule has 0 heterocycles. The molecule has 2 N–H and O–H groups in total. The van der Waals surface area contributed by atoms with Crippen molar-refractivity contribution in [1.82, 2.24) is 0 Å². The normalized spacial score (nSPS) is 10.1. The van der Waals surface area contributed by atoms with E-state index >= 15 is 0 Å². The number of nitro groups is 1. The van der Waals surface area contributed by atoms with Gasteiger partial charge in [0.25, 0.3) is 11.6 Å². The number of nitrogens with zero attached hydrogens (tertiary/aromatic N) is 1. The first kappa shape index (κ1) is 15.5. The van der Waals surface area contributed by atoms with E-state index in [1.54, 1.807) is 51.2 Å². The van der Waals surface area contributed by atoms with E-state index in [1.807, 2.05) is 6.07 Å². The molecule has 0 fully saturated rings. The molecule has 6 heteroatoms. The summed E-state index contributed by atoms with van der Waals surface area (Å²) in [6.45, 7) is 3.44. The highest BCUT2D eigenvalue weighted by molar-refractivity contribution is 6.05. The molecule has 0 aliphatic rings. The molecule has 6 nitrogen and oxygen atoms in total. The van der Waals surface area contributed by atoms with Crippen LogP contribution in [0.4, 0.5) is 17.1 Å². The molecule has 0 aliphatic carbocycles. The lowest BCUT2D eigenvalue weighted by molar-refractivity contribution is -0.384. The molecule has 2 aromatic rings. The van der Waals surface area contributed by atoms with Crippen molar-refractivity contribution in [2.24, 2.45) is 0 Å². The Morgan fingerprint density at radius 1 is 1.18 bits per heavy atom. The average molecular weight is 299 g/mol. The largest absolute Gasteiger partial charge is 0.383 e. The molecule has 2 aromatic carbocycles. The van der Waals surface area contributed by atoms with Crippen LogP contribution in [0, 0.1) is 24.0 Å². The highest BCUT2D eigenvalue weighted by Crippen LogP contribution is 2.36. The molecule has 0 unspecified atom stereocenters. The maximum absolute atomic E-state index is 12.3. The summed E-state index contributed by atoms with van der Waals surface area (Å²) < 4.78 is 0. The second-order valence-electron chi connectivity index (χ2n) is 4.92. The van der Waals surface area contributed by atoms with Crippen molar-refractivity contribution in [3.8, 4) is 0 Å². The van der Waals surface area contributed by atoms with Crippen LogP contribution in [-0.4, -0.2) is 17.9 Å². The van der Waals surface area contributed by atoms with Crippen molar-refractivity contribution >= 4 is 23.0 Å². The summed E-state index contributed by atoms with van der Waals surface area (Å²) in [5.41, 5.74) is 2.56. The summed E-state index contributed by atoms with van der Waals surface area (Å²) in [6, 6.07) is 10.4. The highest BCUT2D eigenvalue weighted by atomic mass is 16.6. The predicted octanol–water partition coefficient (Wildman–Crippen LogP) is 3.51. The van der Waals surface area contributed by atoms with Crippen LogP contribution in [0.1, 0.15) is 21.5 Å². The maximum atomic E-state index is 12.3. The van der Waals surface area contributed by atoms with E-state index in [9.17, 15) is 14.9 Å². The standard InChI is InChI=1S/C16H17N3O3/c1-10-9-13(17-3)15(19(21)22)11(2)14(10)18-16(20)12-7-5-4-6-8-12/h4-9,17H,1-3H3,(H,18,20). The molecule has 0 atom stereocenters. The van der Waals surface area contributed by atoms with Crippen molar-refractivity contribution in [2.75, 3.05) is 17.7 Å². The molecule has 22 heavy (non-hydrogen) atoms. The fraction of sp³-hybridized carbons (Fsp3) is 0.188. The van der Waals surface area contributed by atoms with Gasteiger partial charge in [0.1, 0.15) is 5.69 Å². The first-order valence-corrected chi connectivity index (χ1v) is 6.78. The Bertz CT molecular complexity index is 727. The minimum Gasteiger partial charge on any atom is -0.383 e. The third kappa shape index (κ3) is 2.90. The molecule has 1 amide bonds. The van der Waals surface area contributed by atoms with Crippen LogP contribution in [-0.2, 0) is 0 Å². The number of nitrogens with one attached hydrogen (secondary N) is 2. The fourth-order valence-electron chi connectivity index (χ4n) is 2.37. The zero-order valence-electron chi connectivity index (χ0n) is 12.6. The zero-order chi connectivity index (χ0) is 16.3. The van der Waals surface area contributed by atoms with Gasteiger partial charge < -0.3 is 10.6 Å². The second-order valence-corrected chi connectivity index (χ2v) is 4.92. The number of rotatable bonds is 4. The number of carbonyl (C=O) groups is 1. The second kappa shape index (κ2) is 6.26. The van der Waals surface area contributed by atoms with Gasteiger partial charge in [-0.2, -0.15) is 0 Å². The number of carbonyl (C=O) groups excluding carboxylic acids is 1. The fourth-order valence-corrected chi connectivity index (χ4v) is 2.37. The van der Waals surface area contributed by atoms with Crippen molar-refractivity contribution in [3.05, 3.63) is 63.2 Å². The van der Waals surface area contributed by atoms with Crippen LogP contribution < -0.4 is 10.6 Å². The average Bonchev–Trinajstić information content (AvgIpc) is 2.50. The van der Waals surface area contributed by atoms with Crippen LogP contribution in [0.2, 0.25) is 0 Å². The van der Waals surface area contributed by atoms with Gasteiger partial charge in [-0.25, -0.2) is 0 Å². The molecule has 0 aliphatic heterocycles. The minimum atomic E-state index is -0.446. The highest BCUT2D eigenvalue weighted by Gasteiger charge is 2.22. The van der Waals surface area contributed by atoms with Crippen LogP contribution in [0.25, 0.3) is 0 Å². The SMILES string of the molecule is CNc1cc(C)c(NC(=O)c2ccccc2)c(C)c1[N+](=O)[O-]. The van der Waals surface area contributed by atoms with Crippen LogP contribution in [0.15, 0.2) is 36.4 Å². The Balaban J connectivity index is 2.46. The predicted molar refractivity (Wildman–Crippen MR) is 86.5 cm³/mol. The Morgan fingerprint density at radius 3 is 2.36 bits per heavy atom. The van der Waals surface area contributed by atoms with Gasteiger partial charge >= 0.3 is 0 Å². The van der Waals surface area contributed by atoms with Gasteiger partial charge in [0.05, 0.1) is 16.2 Å². The van der Waals surface area contributed by atoms with Crippen LogP contribution >= 0.6 is 0 Å². The molecule has 114 valence electrons. The van der Waals surface area contributed by atoms with E-state index in [4.69, 9.17) is 0 Å². The van der Waals surface area contributed by atoms with Gasteiger partial charge in [0, 0.05) is 12.6 Å². The van der Waals surface area contributed by atoms with Gasteiger partial charge in [-0.05, 0) is 37.6 Å². The van der Waals surface area contributed by atoms with E-state index < -0.39 is 4.92 Å². The summed E-state index contributed by atoms with van der Waals surface area (Å²) in [6.07, 6.45) is 0. The monoisotopic (exact) mass is 299 g/mol. The van der Waals surface area contributed by atoms with E-state index in [0.29, 0.717) is 22.5 Å². The lowest BCUT2D eigenvalue weighted by Crippen LogP contribution is -2.14. The minimum absolute atomic E-state index is 0.0311. The van der Waals surface area contributed by atoms with Gasteiger partial charge in [-0.15, -0.1) is 0 Å². The van der Waals surface area contributed by atoms with E-state index in [-0.39, 0.29) is 11.6 Å². The summed E-state index contributed by atoms with van der Waals surface area (Å²) in [5.74, 6) is -0.293. The molecule has 0 aromatic heterocycles. The third-order valence-corrected chi connectivity index (χ3v) is 3.47. The number of anilines is 2. The number of amides is 1. The quantitative estimate of drug-likeness (QED) is 0.668. The third-order valence-electron chi connectivity index (χ3n) is 3.47. The number of nitro benzene ring substituents is 1. The molecule has 0 radical (unpaired) electrons. The summed E-state index contributed by atoms with van der Waals surface area (Å²) in [4.78, 5) is 23.1. The Hall–Kier alpha value is -2.89. The van der Waals surface area contributed by atoms with Gasteiger partial charge in [-0.3, -0.25) is 14.9 Å². The summed E-state index contributed by atoms with van der Waals surface area (Å²) in [5, 5.41) is 16.9. The van der Waals surface area contributed by atoms with Crippen molar-refractivity contribution < 1.29 is 9.72 Å².